The van der Waals surface area contributed by atoms with Crippen LogP contribution in [0.15, 0.2) is 35.5 Å². The Morgan fingerprint density at radius 2 is 1.92 bits per heavy atom. The van der Waals surface area contributed by atoms with Crippen LogP contribution in [0.3, 0.4) is 0 Å². The number of oxime groups is 1. The predicted octanol–water partition coefficient (Wildman–Crippen LogP) is 0.370. The van der Waals surface area contributed by atoms with Crippen molar-refractivity contribution in [1.29, 1.82) is 0 Å². The number of hydroxylamine groups is 1. The average Bonchev–Trinajstić information content (AvgIpc) is 2.20. The van der Waals surface area contributed by atoms with Gasteiger partial charge >= 0.3 is 0 Å². The van der Waals surface area contributed by atoms with E-state index in [2.05, 4.69) is 5.16 Å². The molecule has 1 amide bonds. The molecule has 0 aliphatic rings. The summed E-state index contributed by atoms with van der Waals surface area (Å²) in [6, 6.07) is 8.31. The minimum atomic E-state index is -0.853. The van der Waals surface area contributed by atoms with Crippen LogP contribution in [0.1, 0.15) is 5.56 Å². The maximum absolute atomic E-state index is 10.9. The first-order valence-corrected chi connectivity index (χ1v) is 3.51. The highest BCUT2D eigenvalue weighted by molar-refractivity contribution is 6.44. The molecule has 68 valence electrons. The van der Waals surface area contributed by atoms with Crippen LogP contribution in [0, 0.1) is 0 Å². The molecular weight excluding hydrogens is 172 g/mol. The van der Waals surface area contributed by atoms with Crippen LogP contribution < -0.4 is 5.48 Å². The number of hydrogen-bond acceptors (Lipinski definition) is 4. The summed E-state index contributed by atoms with van der Waals surface area (Å²) in [5.41, 5.74) is 1.58. The molecule has 0 saturated carbocycles. The molecule has 0 heterocycles. The Kier molecular flexibility index (Phi) is 2.99. The van der Waals surface area contributed by atoms with Crippen molar-refractivity contribution in [2.24, 2.45) is 5.16 Å². The van der Waals surface area contributed by atoms with Crippen LogP contribution in [0.4, 0.5) is 0 Å². The second kappa shape index (κ2) is 4.22. The Labute approximate surface area is 74.3 Å². The molecule has 3 N–H and O–H groups in total. The Morgan fingerprint density at radius 3 is 2.38 bits per heavy atom. The van der Waals surface area contributed by atoms with Crippen LogP contribution in [-0.4, -0.2) is 22.0 Å². The Balaban J connectivity index is 3.00. The van der Waals surface area contributed by atoms with Crippen molar-refractivity contribution in [2.75, 3.05) is 0 Å². The van der Waals surface area contributed by atoms with Crippen molar-refractivity contribution < 1.29 is 15.2 Å². The number of hydrogen-bond donors (Lipinski definition) is 3. The number of benzene rings is 1. The average molecular weight is 180 g/mol. The first kappa shape index (κ1) is 9.21. The van der Waals surface area contributed by atoms with Crippen molar-refractivity contribution in [3.8, 4) is 0 Å². The highest BCUT2D eigenvalue weighted by Crippen LogP contribution is 2.00. The largest absolute Gasteiger partial charge is 0.410 e. The zero-order valence-electron chi connectivity index (χ0n) is 6.64. The second-order valence-electron chi connectivity index (χ2n) is 2.26. The maximum atomic E-state index is 10.9. The lowest BCUT2D eigenvalue weighted by atomic mass is 10.1. The third-order valence-electron chi connectivity index (χ3n) is 1.46. The summed E-state index contributed by atoms with van der Waals surface area (Å²) in [6.45, 7) is 0. The lowest BCUT2D eigenvalue weighted by Crippen LogP contribution is -2.28. The minimum Gasteiger partial charge on any atom is -0.410 e. The Morgan fingerprint density at radius 1 is 1.31 bits per heavy atom. The minimum absolute atomic E-state index is 0.233. The fourth-order valence-corrected chi connectivity index (χ4v) is 0.883. The molecule has 1 aromatic rings. The normalized spacial score (nSPS) is 11.0. The van der Waals surface area contributed by atoms with Gasteiger partial charge in [-0.3, -0.25) is 10.0 Å². The van der Waals surface area contributed by atoms with E-state index in [1.807, 2.05) is 0 Å². The fraction of sp³-hybridized carbons (Fsp3) is 0. The van der Waals surface area contributed by atoms with Crippen molar-refractivity contribution in [3.05, 3.63) is 35.9 Å². The molecule has 0 radical (unpaired) electrons. The third kappa shape index (κ3) is 2.03. The molecule has 0 spiro atoms. The van der Waals surface area contributed by atoms with E-state index in [0.29, 0.717) is 5.56 Å². The molecule has 0 bridgehead atoms. The molecule has 13 heavy (non-hydrogen) atoms. The van der Waals surface area contributed by atoms with Gasteiger partial charge in [-0.25, -0.2) is 5.48 Å². The lowest BCUT2D eigenvalue weighted by molar-refractivity contribution is -0.122. The Bertz CT molecular complexity index is 321. The number of nitrogens with one attached hydrogen (secondary N) is 1. The molecule has 5 heteroatoms. The topological polar surface area (TPSA) is 81.9 Å². The molecule has 0 fully saturated rings. The van der Waals surface area contributed by atoms with Crippen molar-refractivity contribution >= 4 is 11.6 Å². The molecule has 1 aromatic carbocycles. The first-order valence-electron chi connectivity index (χ1n) is 3.51. The van der Waals surface area contributed by atoms with Crippen LogP contribution >= 0.6 is 0 Å². The second-order valence-corrected chi connectivity index (χ2v) is 2.26. The molecule has 0 aromatic heterocycles. The van der Waals surface area contributed by atoms with Crippen molar-refractivity contribution in [2.45, 2.75) is 0 Å². The van der Waals surface area contributed by atoms with Gasteiger partial charge in [-0.05, 0) is 0 Å². The van der Waals surface area contributed by atoms with Crippen LogP contribution in [0.25, 0.3) is 0 Å². The summed E-state index contributed by atoms with van der Waals surface area (Å²) in [5.74, 6) is -0.853. The summed E-state index contributed by atoms with van der Waals surface area (Å²) < 4.78 is 0. The van der Waals surface area contributed by atoms with E-state index in [0.717, 1.165) is 0 Å². The van der Waals surface area contributed by atoms with E-state index >= 15 is 0 Å². The number of carbonyl (C=O) groups is 1. The number of carbonyl (C=O) groups excluding carboxylic acids is 1. The summed E-state index contributed by atoms with van der Waals surface area (Å²) >= 11 is 0. The van der Waals surface area contributed by atoms with Crippen LogP contribution in [-0.2, 0) is 4.79 Å². The van der Waals surface area contributed by atoms with Crippen molar-refractivity contribution in [1.82, 2.24) is 5.48 Å². The van der Waals surface area contributed by atoms with Gasteiger partial charge in [0.25, 0.3) is 5.91 Å². The summed E-state index contributed by atoms with van der Waals surface area (Å²) in [4.78, 5) is 10.9. The van der Waals surface area contributed by atoms with Crippen molar-refractivity contribution in [3.63, 3.8) is 0 Å². The fourth-order valence-electron chi connectivity index (χ4n) is 0.883. The van der Waals surface area contributed by atoms with Crippen LogP contribution in [0.5, 0.6) is 0 Å². The van der Waals surface area contributed by atoms with Gasteiger partial charge in [-0.15, -0.1) is 0 Å². The SMILES string of the molecule is O=C(NO)C(=NO)c1ccccc1. The number of rotatable bonds is 2. The van der Waals surface area contributed by atoms with Gasteiger partial charge in [0.1, 0.15) is 0 Å². The monoisotopic (exact) mass is 180 g/mol. The molecular formula is C8H8N2O3. The summed E-state index contributed by atoms with van der Waals surface area (Å²) in [6.07, 6.45) is 0. The lowest BCUT2D eigenvalue weighted by Gasteiger charge is -2.00. The first-order chi connectivity index (χ1) is 6.29. The summed E-state index contributed by atoms with van der Waals surface area (Å²) in [5, 5.41) is 19.6. The van der Waals surface area contributed by atoms with Gasteiger partial charge in [-0.2, -0.15) is 0 Å². The molecule has 1 rings (SSSR count). The van der Waals surface area contributed by atoms with Gasteiger partial charge in [0, 0.05) is 5.56 Å². The molecule has 0 aliphatic carbocycles. The highest BCUT2D eigenvalue weighted by Gasteiger charge is 2.12. The highest BCUT2D eigenvalue weighted by atomic mass is 16.5. The van der Waals surface area contributed by atoms with Gasteiger partial charge < -0.3 is 5.21 Å². The molecule has 5 nitrogen and oxygen atoms in total. The van der Waals surface area contributed by atoms with Gasteiger partial charge in [-0.1, -0.05) is 35.5 Å². The van der Waals surface area contributed by atoms with Gasteiger partial charge in [0.15, 0.2) is 5.71 Å². The van der Waals surface area contributed by atoms with Gasteiger partial charge in [0.2, 0.25) is 0 Å². The maximum Gasteiger partial charge on any atom is 0.297 e. The molecule has 0 unspecified atom stereocenters. The van der Waals surface area contributed by atoms with E-state index < -0.39 is 5.91 Å². The standard InChI is InChI=1S/C8H8N2O3/c11-8(10-13)7(9-12)6-4-2-1-3-5-6/h1-5,12-13H,(H,10,11). The molecule has 0 aliphatic heterocycles. The quantitative estimate of drug-likeness (QED) is 0.266. The predicted molar refractivity (Wildman–Crippen MR) is 44.7 cm³/mol. The van der Waals surface area contributed by atoms with E-state index in [1.165, 1.54) is 5.48 Å². The zero-order valence-corrected chi connectivity index (χ0v) is 6.64. The van der Waals surface area contributed by atoms with E-state index in [1.54, 1.807) is 30.3 Å². The number of amides is 1. The van der Waals surface area contributed by atoms with Gasteiger partial charge in [0.05, 0.1) is 0 Å². The van der Waals surface area contributed by atoms with E-state index in [-0.39, 0.29) is 5.71 Å². The smallest absolute Gasteiger partial charge is 0.297 e. The van der Waals surface area contributed by atoms with Crippen LogP contribution in [0.2, 0.25) is 0 Å². The Hall–Kier alpha value is -1.88. The molecule has 0 saturated heterocycles. The number of nitrogens with zero attached hydrogens (tertiary/aromatic N) is 1. The molecule has 0 atom stereocenters. The van der Waals surface area contributed by atoms with E-state index in [4.69, 9.17) is 10.4 Å². The zero-order chi connectivity index (χ0) is 9.68. The third-order valence-corrected chi connectivity index (χ3v) is 1.46. The summed E-state index contributed by atoms with van der Waals surface area (Å²) in [7, 11) is 0. The van der Waals surface area contributed by atoms with E-state index in [9.17, 15) is 4.79 Å².